The zero-order valence-electron chi connectivity index (χ0n) is 15.6. The first-order chi connectivity index (χ1) is 12.6. The first-order valence-electron chi connectivity index (χ1n) is 9.72. The van der Waals surface area contributed by atoms with Gasteiger partial charge in [0.05, 0.1) is 6.54 Å². The second-order valence-corrected chi connectivity index (χ2v) is 7.30. The van der Waals surface area contributed by atoms with Crippen molar-refractivity contribution in [1.82, 2.24) is 5.32 Å². The first kappa shape index (κ1) is 18.5. The van der Waals surface area contributed by atoms with Crippen LogP contribution in [0.5, 0.6) is 0 Å². The van der Waals surface area contributed by atoms with Crippen LogP contribution in [0.15, 0.2) is 29.8 Å². The van der Waals surface area contributed by atoms with Gasteiger partial charge in [-0.1, -0.05) is 17.7 Å². The molecule has 1 saturated carbocycles. The molecular weight excluding hydrogens is 326 g/mol. The second-order valence-electron chi connectivity index (χ2n) is 7.30. The molecule has 0 aliphatic heterocycles. The first-order valence-corrected chi connectivity index (χ1v) is 9.72. The van der Waals surface area contributed by atoms with E-state index in [-0.39, 0.29) is 24.3 Å². The topological polar surface area (TPSA) is 70.2 Å². The van der Waals surface area contributed by atoms with Gasteiger partial charge in [0.15, 0.2) is 0 Å². The number of anilines is 2. The van der Waals surface area contributed by atoms with E-state index in [2.05, 4.69) is 22.0 Å². The molecular formula is C21H29N3O2. The minimum absolute atomic E-state index is 0.00627. The van der Waals surface area contributed by atoms with Gasteiger partial charge in [0.25, 0.3) is 0 Å². The maximum atomic E-state index is 12.1. The number of carbonyl (C=O) groups excluding carboxylic acids is 2. The Kier molecular flexibility index (Phi) is 6.31. The largest absolute Gasteiger partial charge is 0.376 e. The van der Waals surface area contributed by atoms with Gasteiger partial charge < -0.3 is 16.0 Å². The van der Waals surface area contributed by atoms with Crippen molar-refractivity contribution in [2.75, 3.05) is 23.7 Å². The highest BCUT2D eigenvalue weighted by Crippen LogP contribution is 2.31. The number of rotatable bonds is 8. The fourth-order valence-electron chi connectivity index (χ4n) is 3.28. The van der Waals surface area contributed by atoms with E-state index in [9.17, 15) is 9.59 Å². The van der Waals surface area contributed by atoms with Crippen LogP contribution < -0.4 is 16.0 Å². The van der Waals surface area contributed by atoms with Crippen molar-refractivity contribution in [2.24, 2.45) is 5.92 Å². The monoisotopic (exact) mass is 355 g/mol. The van der Waals surface area contributed by atoms with Crippen molar-refractivity contribution in [3.05, 3.63) is 35.4 Å². The number of benzene rings is 1. The van der Waals surface area contributed by atoms with Crippen LogP contribution in [0, 0.1) is 12.8 Å². The van der Waals surface area contributed by atoms with E-state index in [4.69, 9.17) is 0 Å². The molecule has 0 saturated heterocycles. The summed E-state index contributed by atoms with van der Waals surface area (Å²) >= 11 is 0. The lowest BCUT2D eigenvalue weighted by atomic mass is 9.97. The number of amides is 2. The van der Waals surface area contributed by atoms with Crippen LogP contribution in [0.25, 0.3) is 0 Å². The summed E-state index contributed by atoms with van der Waals surface area (Å²) in [6.07, 6.45) is 10.2. The Hall–Kier alpha value is -2.30. The lowest BCUT2D eigenvalue weighted by Crippen LogP contribution is -2.31. The predicted octanol–water partition coefficient (Wildman–Crippen LogP) is 3.76. The average Bonchev–Trinajstić information content (AvgIpc) is 3.48. The SMILES string of the molecule is Cc1c(NCC(=O)NCCC2=CCCCC2)cccc1NC(=O)C1CC1. The smallest absolute Gasteiger partial charge is 0.239 e. The van der Waals surface area contributed by atoms with Crippen molar-refractivity contribution in [2.45, 2.75) is 51.9 Å². The van der Waals surface area contributed by atoms with Gasteiger partial charge in [0.1, 0.15) is 0 Å². The Morgan fingerprint density at radius 3 is 2.69 bits per heavy atom. The van der Waals surface area contributed by atoms with Gasteiger partial charge in [-0.25, -0.2) is 0 Å². The van der Waals surface area contributed by atoms with Gasteiger partial charge >= 0.3 is 0 Å². The van der Waals surface area contributed by atoms with Crippen LogP contribution in [0.1, 0.15) is 50.5 Å². The molecule has 0 heterocycles. The summed E-state index contributed by atoms with van der Waals surface area (Å²) < 4.78 is 0. The molecule has 3 rings (SSSR count). The maximum absolute atomic E-state index is 12.1. The van der Waals surface area contributed by atoms with Gasteiger partial charge in [-0.2, -0.15) is 0 Å². The summed E-state index contributed by atoms with van der Waals surface area (Å²) in [7, 11) is 0. The standard InChI is InChI=1S/C21H29N3O2/c1-15-18(8-5-9-19(15)24-21(26)17-10-11-17)23-14-20(25)22-13-12-16-6-3-2-4-7-16/h5-6,8-9,17,23H,2-4,7,10-14H2,1H3,(H,22,25)(H,24,26). The van der Waals surface area contributed by atoms with Crippen LogP contribution in [-0.2, 0) is 9.59 Å². The van der Waals surface area contributed by atoms with E-state index in [1.807, 2.05) is 25.1 Å². The fraction of sp³-hybridized carbons (Fsp3) is 0.524. The molecule has 26 heavy (non-hydrogen) atoms. The number of allylic oxidation sites excluding steroid dienone is 1. The molecule has 2 amide bonds. The third-order valence-electron chi connectivity index (χ3n) is 5.13. The van der Waals surface area contributed by atoms with Crippen LogP contribution in [-0.4, -0.2) is 24.9 Å². The molecule has 2 aliphatic rings. The maximum Gasteiger partial charge on any atom is 0.239 e. The van der Waals surface area contributed by atoms with Crippen molar-refractivity contribution < 1.29 is 9.59 Å². The van der Waals surface area contributed by atoms with E-state index in [0.29, 0.717) is 6.54 Å². The summed E-state index contributed by atoms with van der Waals surface area (Å²) in [5.41, 5.74) is 4.13. The Morgan fingerprint density at radius 2 is 1.96 bits per heavy atom. The Balaban J connectivity index is 1.43. The molecule has 5 nitrogen and oxygen atoms in total. The Bertz CT molecular complexity index is 692. The molecule has 1 aromatic carbocycles. The summed E-state index contributed by atoms with van der Waals surface area (Å²) in [6, 6.07) is 5.73. The molecule has 0 atom stereocenters. The molecule has 140 valence electrons. The molecule has 2 aliphatic carbocycles. The zero-order valence-corrected chi connectivity index (χ0v) is 15.6. The summed E-state index contributed by atoms with van der Waals surface area (Å²) in [4.78, 5) is 24.0. The highest BCUT2D eigenvalue weighted by Gasteiger charge is 2.29. The van der Waals surface area contributed by atoms with Crippen LogP contribution in [0.2, 0.25) is 0 Å². The Morgan fingerprint density at radius 1 is 1.15 bits per heavy atom. The quantitative estimate of drug-likeness (QED) is 0.622. The number of nitrogens with one attached hydrogen (secondary N) is 3. The van der Waals surface area contributed by atoms with E-state index in [1.54, 1.807) is 0 Å². The van der Waals surface area contributed by atoms with E-state index >= 15 is 0 Å². The average molecular weight is 355 g/mol. The molecule has 0 radical (unpaired) electrons. The minimum Gasteiger partial charge on any atom is -0.376 e. The van der Waals surface area contributed by atoms with Gasteiger partial charge in [0, 0.05) is 23.8 Å². The summed E-state index contributed by atoms with van der Waals surface area (Å²) in [5.74, 6) is 0.268. The lowest BCUT2D eigenvalue weighted by molar-refractivity contribution is -0.119. The van der Waals surface area contributed by atoms with Gasteiger partial charge in [0.2, 0.25) is 11.8 Å². The normalized spacial score (nSPS) is 16.6. The minimum atomic E-state index is -0.00627. The van der Waals surface area contributed by atoms with Crippen molar-refractivity contribution in [3.63, 3.8) is 0 Å². The van der Waals surface area contributed by atoms with E-state index in [0.717, 1.165) is 36.2 Å². The van der Waals surface area contributed by atoms with Crippen molar-refractivity contribution in [3.8, 4) is 0 Å². The fourth-order valence-corrected chi connectivity index (χ4v) is 3.28. The molecule has 0 bridgehead atoms. The molecule has 1 aromatic rings. The highest BCUT2D eigenvalue weighted by atomic mass is 16.2. The number of hydrogen-bond acceptors (Lipinski definition) is 3. The van der Waals surface area contributed by atoms with Crippen molar-refractivity contribution in [1.29, 1.82) is 0 Å². The van der Waals surface area contributed by atoms with Gasteiger partial charge in [-0.15, -0.1) is 0 Å². The molecule has 0 aromatic heterocycles. The third-order valence-corrected chi connectivity index (χ3v) is 5.13. The van der Waals surface area contributed by atoms with Gasteiger partial charge in [-0.05, 0) is 69.6 Å². The number of hydrogen-bond donors (Lipinski definition) is 3. The molecule has 1 fully saturated rings. The highest BCUT2D eigenvalue weighted by molar-refractivity contribution is 5.95. The van der Waals surface area contributed by atoms with Crippen LogP contribution in [0.4, 0.5) is 11.4 Å². The molecule has 0 spiro atoms. The zero-order chi connectivity index (χ0) is 18.4. The van der Waals surface area contributed by atoms with Crippen LogP contribution >= 0.6 is 0 Å². The predicted molar refractivity (Wildman–Crippen MR) is 105 cm³/mol. The van der Waals surface area contributed by atoms with Crippen molar-refractivity contribution >= 4 is 23.2 Å². The lowest BCUT2D eigenvalue weighted by Gasteiger charge is -2.15. The molecule has 3 N–H and O–H groups in total. The van der Waals surface area contributed by atoms with E-state index in [1.165, 1.54) is 31.3 Å². The van der Waals surface area contributed by atoms with Gasteiger partial charge in [-0.3, -0.25) is 9.59 Å². The molecule has 5 heteroatoms. The molecule has 0 unspecified atom stereocenters. The van der Waals surface area contributed by atoms with E-state index < -0.39 is 0 Å². The summed E-state index contributed by atoms with van der Waals surface area (Å²) in [6.45, 7) is 2.89. The third kappa shape index (κ3) is 5.35. The number of carbonyl (C=O) groups is 2. The summed E-state index contributed by atoms with van der Waals surface area (Å²) in [5, 5.41) is 9.14. The van der Waals surface area contributed by atoms with Crippen LogP contribution in [0.3, 0.4) is 0 Å². The second kappa shape index (κ2) is 8.88. The Labute approximate surface area is 155 Å².